The normalized spacial score (nSPS) is 16.2. The number of benzene rings is 3. The number of amides is 1. The summed E-state index contributed by atoms with van der Waals surface area (Å²) in [5, 5.41) is 11.4. The summed E-state index contributed by atoms with van der Waals surface area (Å²) in [7, 11) is 0. The van der Waals surface area contributed by atoms with Crippen LogP contribution in [0.3, 0.4) is 0 Å². The summed E-state index contributed by atoms with van der Waals surface area (Å²) in [6.07, 6.45) is 1.70. The van der Waals surface area contributed by atoms with Gasteiger partial charge in [-0.05, 0) is 21.9 Å². The minimum atomic E-state index is 0.0663. The molecule has 0 unspecified atom stereocenters. The van der Waals surface area contributed by atoms with E-state index < -0.39 is 0 Å². The first-order chi connectivity index (χ1) is 12.8. The summed E-state index contributed by atoms with van der Waals surface area (Å²) in [6, 6.07) is 24.2. The number of carbonyl (C=O) groups excluding carboxylic acids is 1. The van der Waals surface area contributed by atoms with E-state index in [4.69, 9.17) is 0 Å². The molecular weight excluding hydrogens is 342 g/mol. The molecule has 4 nitrogen and oxygen atoms in total. The van der Waals surface area contributed by atoms with Gasteiger partial charge in [-0.2, -0.15) is 5.10 Å². The Hall–Kier alpha value is -2.92. The highest BCUT2D eigenvalue weighted by atomic mass is 32.2. The van der Waals surface area contributed by atoms with Crippen molar-refractivity contribution in [1.82, 2.24) is 4.90 Å². The molecular formula is C21H17N3OS. The lowest BCUT2D eigenvalue weighted by Crippen LogP contribution is -2.28. The number of hydrogen-bond acceptors (Lipinski definition) is 4. The van der Waals surface area contributed by atoms with Crippen LogP contribution >= 0.6 is 11.8 Å². The van der Waals surface area contributed by atoms with Crippen molar-refractivity contribution >= 4 is 39.8 Å². The van der Waals surface area contributed by atoms with Gasteiger partial charge in [0.2, 0.25) is 5.91 Å². The maximum Gasteiger partial charge on any atom is 0.239 e. The van der Waals surface area contributed by atoms with Crippen LogP contribution in [0.5, 0.6) is 0 Å². The molecule has 3 aromatic rings. The highest BCUT2D eigenvalue weighted by molar-refractivity contribution is 8.15. The van der Waals surface area contributed by atoms with Crippen LogP contribution in [-0.2, 0) is 11.3 Å². The highest BCUT2D eigenvalue weighted by Crippen LogP contribution is 2.25. The van der Waals surface area contributed by atoms with Crippen molar-refractivity contribution in [2.75, 3.05) is 5.75 Å². The Balaban J connectivity index is 1.58. The van der Waals surface area contributed by atoms with E-state index in [1.165, 1.54) is 17.1 Å². The third kappa shape index (κ3) is 3.53. The standard InChI is InChI=1S/C21H17N3OS/c25-20-15-26-21(23-22-13-16-7-2-1-3-8-16)24(20)14-18-11-6-10-17-9-4-5-12-19(17)18/h1-13H,14-15H2/b22-13-,23-21-. The molecule has 26 heavy (non-hydrogen) atoms. The summed E-state index contributed by atoms with van der Waals surface area (Å²) in [4.78, 5) is 14.0. The van der Waals surface area contributed by atoms with E-state index in [-0.39, 0.29) is 5.91 Å². The first-order valence-corrected chi connectivity index (χ1v) is 9.36. The second kappa shape index (κ2) is 7.54. The van der Waals surface area contributed by atoms with Crippen LogP contribution in [0.1, 0.15) is 11.1 Å². The van der Waals surface area contributed by atoms with Crippen LogP contribution in [0.25, 0.3) is 10.8 Å². The molecule has 0 radical (unpaired) electrons. The predicted molar refractivity (Wildman–Crippen MR) is 108 cm³/mol. The van der Waals surface area contributed by atoms with Gasteiger partial charge in [0.25, 0.3) is 0 Å². The third-order valence-corrected chi connectivity index (χ3v) is 5.17. The van der Waals surface area contributed by atoms with E-state index >= 15 is 0 Å². The number of thioether (sulfide) groups is 1. The molecule has 0 spiro atoms. The Morgan fingerprint density at radius 2 is 1.73 bits per heavy atom. The van der Waals surface area contributed by atoms with Gasteiger partial charge in [-0.25, -0.2) is 0 Å². The topological polar surface area (TPSA) is 45.0 Å². The Labute approximate surface area is 156 Å². The van der Waals surface area contributed by atoms with Crippen LogP contribution in [-0.4, -0.2) is 27.9 Å². The van der Waals surface area contributed by atoms with Gasteiger partial charge in [-0.1, -0.05) is 84.6 Å². The van der Waals surface area contributed by atoms with E-state index in [1.54, 1.807) is 11.1 Å². The van der Waals surface area contributed by atoms with Crippen LogP contribution in [0.15, 0.2) is 83.0 Å². The summed E-state index contributed by atoms with van der Waals surface area (Å²) in [5.74, 6) is 0.473. The number of nitrogens with zero attached hydrogens (tertiary/aromatic N) is 3. The van der Waals surface area contributed by atoms with Crippen molar-refractivity contribution in [2.45, 2.75) is 6.54 Å². The SMILES string of the molecule is O=C1CS/C(=N\N=C/c2ccccc2)N1Cc1cccc2ccccc12. The second-order valence-electron chi connectivity index (χ2n) is 5.94. The molecule has 0 aliphatic carbocycles. The van der Waals surface area contributed by atoms with E-state index in [2.05, 4.69) is 34.5 Å². The van der Waals surface area contributed by atoms with Gasteiger partial charge in [-0.15, -0.1) is 5.10 Å². The quantitative estimate of drug-likeness (QED) is 0.515. The van der Waals surface area contributed by atoms with Crippen molar-refractivity contribution in [2.24, 2.45) is 10.2 Å². The average Bonchev–Trinajstić information content (AvgIpc) is 3.03. The summed E-state index contributed by atoms with van der Waals surface area (Å²) in [5.41, 5.74) is 2.09. The lowest BCUT2D eigenvalue weighted by atomic mass is 10.0. The van der Waals surface area contributed by atoms with E-state index in [1.807, 2.05) is 48.5 Å². The Bertz CT molecular complexity index is 993. The van der Waals surface area contributed by atoms with Gasteiger partial charge in [0.1, 0.15) is 0 Å². The summed E-state index contributed by atoms with van der Waals surface area (Å²) < 4.78 is 0. The zero-order chi connectivity index (χ0) is 17.8. The Kier molecular flexibility index (Phi) is 4.80. The molecule has 1 aliphatic rings. The first kappa shape index (κ1) is 16.5. The molecule has 1 amide bonds. The fourth-order valence-electron chi connectivity index (χ4n) is 2.91. The summed E-state index contributed by atoms with van der Waals surface area (Å²) >= 11 is 1.43. The molecule has 3 aromatic carbocycles. The number of amidine groups is 1. The second-order valence-corrected chi connectivity index (χ2v) is 6.89. The van der Waals surface area contributed by atoms with Crippen molar-refractivity contribution in [1.29, 1.82) is 0 Å². The maximum atomic E-state index is 12.3. The smallest absolute Gasteiger partial charge is 0.239 e. The monoisotopic (exact) mass is 359 g/mol. The van der Waals surface area contributed by atoms with Gasteiger partial charge >= 0.3 is 0 Å². The molecule has 1 fully saturated rings. The Morgan fingerprint density at radius 3 is 2.62 bits per heavy atom. The van der Waals surface area contributed by atoms with Crippen LogP contribution in [0, 0.1) is 0 Å². The lowest BCUT2D eigenvalue weighted by molar-refractivity contribution is -0.124. The number of rotatable bonds is 4. The van der Waals surface area contributed by atoms with E-state index in [0.717, 1.165) is 16.5 Å². The van der Waals surface area contributed by atoms with Crippen LogP contribution in [0.2, 0.25) is 0 Å². The summed E-state index contributed by atoms with van der Waals surface area (Å²) in [6.45, 7) is 0.507. The van der Waals surface area contributed by atoms with Crippen molar-refractivity contribution < 1.29 is 4.79 Å². The average molecular weight is 359 g/mol. The molecule has 128 valence electrons. The maximum absolute atomic E-state index is 12.3. The van der Waals surface area contributed by atoms with Gasteiger partial charge in [0.05, 0.1) is 18.5 Å². The predicted octanol–water partition coefficient (Wildman–Crippen LogP) is 4.31. The third-order valence-electron chi connectivity index (χ3n) is 4.21. The molecule has 1 aliphatic heterocycles. The lowest BCUT2D eigenvalue weighted by Gasteiger charge is -2.16. The molecule has 1 saturated heterocycles. The van der Waals surface area contributed by atoms with Crippen LogP contribution in [0.4, 0.5) is 0 Å². The number of hydrogen-bond donors (Lipinski definition) is 0. The zero-order valence-electron chi connectivity index (χ0n) is 14.1. The number of carbonyl (C=O) groups is 1. The molecule has 1 heterocycles. The largest absolute Gasteiger partial charge is 0.285 e. The molecule has 0 N–H and O–H groups in total. The van der Waals surface area contributed by atoms with Crippen molar-refractivity contribution in [3.05, 3.63) is 83.9 Å². The molecule has 0 saturated carbocycles. The van der Waals surface area contributed by atoms with E-state index in [0.29, 0.717) is 17.5 Å². The molecule has 0 atom stereocenters. The van der Waals surface area contributed by atoms with Gasteiger partial charge in [-0.3, -0.25) is 9.69 Å². The first-order valence-electron chi connectivity index (χ1n) is 8.37. The molecule has 5 heteroatoms. The molecule has 0 bridgehead atoms. The highest BCUT2D eigenvalue weighted by Gasteiger charge is 2.28. The molecule has 0 aromatic heterocycles. The van der Waals surface area contributed by atoms with E-state index in [9.17, 15) is 4.79 Å². The number of fused-ring (bicyclic) bond motifs is 1. The fraction of sp³-hybridized carbons (Fsp3) is 0.0952. The minimum Gasteiger partial charge on any atom is -0.285 e. The van der Waals surface area contributed by atoms with Gasteiger partial charge in [0, 0.05) is 0 Å². The minimum absolute atomic E-state index is 0.0663. The van der Waals surface area contributed by atoms with Crippen molar-refractivity contribution in [3.8, 4) is 0 Å². The van der Waals surface area contributed by atoms with Crippen LogP contribution < -0.4 is 0 Å². The van der Waals surface area contributed by atoms with Gasteiger partial charge < -0.3 is 0 Å². The Morgan fingerprint density at radius 1 is 0.962 bits per heavy atom. The zero-order valence-corrected chi connectivity index (χ0v) is 14.9. The van der Waals surface area contributed by atoms with Crippen molar-refractivity contribution in [3.63, 3.8) is 0 Å². The molecule has 4 rings (SSSR count). The fourth-order valence-corrected chi connectivity index (χ4v) is 3.75. The van der Waals surface area contributed by atoms with Gasteiger partial charge in [0.15, 0.2) is 5.17 Å².